The first kappa shape index (κ1) is 40.7. The van der Waals surface area contributed by atoms with Crippen LogP contribution in [0.2, 0.25) is 0 Å². The van der Waals surface area contributed by atoms with E-state index in [2.05, 4.69) is 21.5 Å². The van der Waals surface area contributed by atoms with Gasteiger partial charge in [-0.25, -0.2) is 10.9 Å². The van der Waals surface area contributed by atoms with Gasteiger partial charge in [0.25, 0.3) is 0 Å². The van der Waals surface area contributed by atoms with Crippen LogP contribution >= 0.6 is 0 Å². The predicted octanol–water partition coefficient (Wildman–Crippen LogP) is 2.75. The largest absolute Gasteiger partial charge is 0.391 e. The van der Waals surface area contributed by atoms with Gasteiger partial charge in [-0.2, -0.15) is 0 Å². The van der Waals surface area contributed by atoms with Gasteiger partial charge in [-0.3, -0.25) is 28.9 Å². The fourth-order valence-corrected chi connectivity index (χ4v) is 4.93. The summed E-state index contributed by atoms with van der Waals surface area (Å²) in [5, 5.41) is 17.0. The number of hydrazine groups is 1. The van der Waals surface area contributed by atoms with Gasteiger partial charge in [-0.05, 0) is 91.3 Å². The van der Waals surface area contributed by atoms with Crippen molar-refractivity contribution in [1.82, 2.24) is 26.4 Å². The molecule has 260 valence electrons. The SMILES string of the molecule is [2H]CCCN(C)C(C(=O)CCCN[C@H](C(=O)C(=O)C(CC(C)C)NC(=O)[C@H](C)NN[C@@H](C)C(C)=O)C(C)C)C(O)C(C)C/C=C/C. The Bertz CT molecular complexity index is 991. The molecule has 0 saturated heterocycles. The van der Waals surface area contributed by atoms with E-state index in [0.29, 0.717) is 32.4 Å². The van der Waals surface area contributed by atoms with Gasteiger partial charge in [-0.1, -0.05) is 53.7 Å². The number of rotatable bonds is 25. The quantitative estimate of drug-likeness (QED) is 0.0436. The lowest BCUT2D eigenvalue weighted by atomic mass is 9.89. The molecule has 0 radical (unpaired) electrons. The highest BCUT2D eigenvalue weighted by atomic mass is 16.3. The molecule has 0 aliphatic carbocycles. The van der Waals surface area contributed by atoms with Crippen molar-refractivity contribution in [3.05, 3.63) is 12.2 Å². The molecule has 0 fully saturated rings. The number of aliphatic hydroxyl groups is 1. The van der Waals surface area contributed by atoms with Gasteiger partial charge in [0.05, 0.1) is 36.3 Å². The summed E-state index contributed by atoms with van der Waals surface area (Å²) in [4.78, 5) is 66.5. The first-order valence-corrected chi connectivity index (χ1v) is 16.4. The number of carbonyl (C=O) groups excluding carboxylic acids is 5. The Kier molecular flexibility index (Phi) is 20.1. The first-order valence-electron chi connectivity index (χ1n) is 17.1. The van der Waals surface area contributed by atoms with E-state index in [4.69, 9.17) is 1.37 Å². The van der Waals surface area contributed by atoms with Crippen LogP contribution in [0.25, 0.3) is 0 Å². The summed E-state index contributed by atoms with van der Waals surface area (Å²) in [7, 11) is 1.80. The van der Waals surface area contributed by atoms with E-state index in [-0.39, 0.29) is 49.1 Å². The molecule has 0 heterocycles. The second-order valence-corrected chi connectivity index (χ2v) is 13.1. The smallest absolute Gasteiger partial charge is 0.238 e. The molecule has 0 rings (SSSR count). The van der Waals surface area contributed by atoms with E-state index in [1.54, 1.807) is 20.9 Å². The maximum atomic E-state index is 13.5. The monoisotopic (exact) mass is 638 g/mol. The van der Waals surface area contributed by atoms with Gasteiger partial charge >= 0.3 is 0 Å². The highest BCUT2D eigenvalue weighted by molar-refractivity contribution is 6.41. The Hall–Kier alpha value is -2.31. The Morgan fingerprint density at radius 2 is 1.58 bits per heavy atom. The molecule has 0 bridgehead atoms. The first-order chi connectivity index (χ1) is 21.5. The van der Waals surface area contributed by atoms with E-state index in [1.807, 2.05) is 58.6 Å². The van der Waals surface area contributed by atoms with Gasteiger partial charge in [0.2, 0.25) is 17.5 Å². The van der Waals surface area contributed by atoms with Gasteiger partial charge in [0.1, 0.15) is 5.78 Å². The zero-order chi connectivity index (χ0) is 35.6. The normalized spacial score (nSPS) is 17.1. The van der Waals surface area contributed by atoms with Crippen LogP contribution in [0.3, 0.4) is 0 Å². The number of likely N-dealkylation sites (N-methyl/N-ethyl adjacent to an activating group) is 1. The standard InChI is InChI=1S/C34H63N5O6/c1-12-14-16-23(7)31(42)30(39(11)19-13-2)28(41)17-15-18-35-29(22(5)6)33(44)32(43)27(20-21(3)4)36-34(45)25(9)38-37-24(8)26(10)40/h12,14,21-25,27,29-31,35,37-38,42H,13,15-20H2,1-11H3,(H,36,45)/b14-12+/t23?,24-,25-,27?,29-,30?,31?/m0/s1/i2D. The van der Waals surface area contributed by atoms with Crippen molar-refractivity contribution in [2.75, 3.05) is 20.1 Å². The van der Waals surface area contributed by atoms with Crippen molar-refractivity contribution in [2.24, 2.45) is 17.8 Å². The van der Waals surface area contributed by atoms with E-state index >= 15 is 0 Å². The second kappa shape index (κ2) is 22.3. The number of nitrogens with zero attached hydrogens (tertiary/aromatic N) is 1. The number of ketones is 4. The highest BCUT2D eigenvalue weighted by Gasteiger charge is 2.35. The van der Waals surface area contributed by atoms with Gasteiger partial charge in [0.15, 0.2) is 5.78 Å². The summed E-state index contributed by atoms with van der Waals surface area (Å²) in [5.41, 5.74) is 5.54. The topological polar surface area (TPSA) is 157 Å². The number of allylic oxidation sites excluding steroid dienone is 2. The zero-order valence-electron chi connectivity index (χ0n) is 30.4. The van der Waals surface area contributed by atoms with Crippen molar-refractivity contribution in [3.8, 4) is 0 Å². The Morgan fingerprint density at radius 1 is 0.956 bits per heavy atom. The van der Waals surface area contributed by atoms with Crippen LogP contribution < -0.4 is 21.5 Å². The zero-order valence-corrected chi connectivity index (χ0v) is 29.4. The summed E-state index contributed by atoms with van der Waals surface area (Å²) in [6, 6.07) is -3.78. The fraction of sp³-hybridized carbons (Fsp3) is 0.794. The third kappa shape index (κ3) is 15.7. The second-order valence-electron chi connectivity index (χ2n) is 13.1. The highest BCUT2D eigenvalue weighted by Crippen LogP contribution is 2.19. The molecule has 11 nitrogen and oxygen atoms in total. The molecular weight excluding hydrogens is 574 g/mol. The number of aliphatic hydroxyl groups excluding tert-OH is 1. The average molecular weight is 639 g/mol. The Labute approximate surface area is 273 Å². The molecular formula is C34H63N5O6. The number of carbonyl (C=O) groups is 5. The van der Waals surface area contributed by atoms with E-state index in [0.717, 1.165) is 0 Å². The minimum atomic E-state index is -1.01. The van der Waals surface area contributed by atoms with Gasteiger partial charge < -0.3 is 15.7 Å². The minimum Gasteiger partial charge on any atom is -0.391 e. The number of amides is 1. The third-order valence-electron chi connectivity index (χ3n) is 7.98. The number of Topliss-reactive ketones (excluding diaryl/α,β-unsaturated/α-hetero) is 4. The maximum Gasteiger partial charge on any atom is 0.238 e. The molecule has 0 aromatic rings. The lowest BCUT2D eigenvalue weighted by Crippen LogP contribution is -2.57. The van der Waals surface area contributed by atoms with Crippen LogP contribution in [0.1, 0.15) is 103 Å². The van der Waals surface area contributed by atoms with Crippen molar-refractivity contribution in [2.45, 2.75) is 138 Å². The molecule has 0 aliphatic rings. The predicted molar refractivity (Wildman–Crippen MR) is 179 cm³/mol. The molecule has 45 heavy (non-hydrogen) atoms. The average Bonchev–Trinajstić information content (AvgIpc) is 2.99. The van der Waals surface area contributed by atoms with Gasteiger partial charge in [-0.15, -0.1) is 0 Å². The molecule has 4 unspecified atom stereocenters. The number of hydrogen-bond acceptors (Lipinski definition) is 10. The van der Waals surface area contributed by atoms with Crippen LogP contribution in [-0.2, 0) is 24.0 Å². The van der Waals surface area contributed by atoms with E-state index in [1.165, 1.54) is 6.92 Å². The molecule has 5 N–H and O–H groups in total. The van der Waals surface area contributed by atoms with Crippen LogP contribution in [0.4, 0.5) is 0 Å². The summed E-state index contributed by atoms with van der Waals surface area (Å²) in [6.07, 6.45) is 5.12. The van der Waals surface area contributed by atoms with Crippen molar-refractivity contribution < 1.29 is 30.4 Å². The molecule has 0 spiro atoms. The van der Waals surface area contributed by atoms with Crippen LogP contribution in [0.5, 0.6) is 0 Å². The molecule has 1 amide bonds. The Balaban J connectivity index is 5.48. The van der Waals surface area contributed by atoms with Crippen LogP contribution in [0, 0.1) is 17.8 Å². The molecule has 0 aliphatic heterocycles. The lowest BCUT2D eigenvalue weighted by Gasteiger charge is -2.33. The van der Waals surface area contributed by atoms with Crippen LogP contribution in [-0.4, -0.2) is 95.5 Å². The van der Waals surface area contributed by atoms with Crippen molar-refractivity contribution in [3.63, 3.8) is 0 Å². The molecule has 0 saturated carbocycles. The molecule has 0 aromatic carbocycles. The maximum absolute atomic E-state index is 13.5. The number of hydrogen-bond donors (Lipinski definition) is 5. The fourth-order valence-electron chi connectivity index (χ4n) is 4.93. The molecule has 11 heteroatoms. The molecule has 0 aromatic heterocycles. The summed E-state index contributed by atoms with van der Waals surface area (Å²) in [5.74, 6) is -2.32. The summed E-state index contributed by atoms with van der Waals surface area (Å²) >= 11 is 0. The van der Waals surface area contributed by atoms with Gasteiger partial charge in [0, 0.05) is 7.79 Å². The van der Waals surface area contributed by atoms with E-state index in [9.17, 15) is 29.1 Å². The van der Waals surface area contributed by atoms with Crippen molar-refractivity contribution >= 4 is 29.0 Å². The van der Waals surface area contributed by atoms with E-state index < -0.39 is 53.8 Å². The number of nitrogens with one attached hydrogen (secondary N) is 4. The van der Waals surface area contributed by atoms with Crippen LogP contribution in [0.15, 0.2) is 12.2 Å². The molecule has 7 atom stereocenters. The summed E-state index contributed by atoms with van der Waals surface area (Å²) < 4.78 is 7.48. The lowest BCUT2D eigenvalue weighted by molar-refractivity contribution is -0.141. The summed E-state index contributed by atoms with van der Waals surface area (Å²) in [6.45, 7) is 17.0. The van der Waals surface area contributed by atoms with Crippen molar-refractivity contribution in [1.29, 1.82) is 0 Å². The minimum absolute atomic E-state index is 0.0286. The third-order valence-corrected chi connectivity index (χ3v) is 7.98. The Morgan fingerprint density at radius 3 is 2.11 bits per heavy atom.